The van der Waals surface area contributed by atoms with Crippen LogP contribution in [0.4, 0.5) is 4.79 Å². The van der Waals surface area contributed by atoms with E-state index in [9.17, 15) is 23.1 Å². The molecule has 2 fully saturated rings. The van der Waals surface area contributed by atoms with Crippen molar-refractivity contribution in [3.63, 3.8) is 0 Å². The minimum Gasteiger partial charge on any atom is -0.404 e. The zero-order valence-corrected chi connectivity index (χ0v) is 21.1. The molecule has 3 heterocycles. The van der Waals surface area contributed by atoms with Crippen LogP contribution in [0.1, 0.15) is 45.6 Å². The molecule has 0 spiro atoms. The van der Waals surface area contributed by atoms with Gasteiger partial charge in [-0.05, 0) is 51.7 Å². The summed E-state index contributed by atoms with van der Waals surface area (Å²) in [6.07, 6.45) is 2.91. The Morgan fingerprint density at radius 1 is 1.20 bits per heavy atom. The van der Waals surface area contributed by atoms with Gasteiger partial charge in [-0.15, -0.1) is 0 Å². The van der Waals surface area contributed by atoms with Gasteiger partial charge in [0.15, 0.2) is 5.75 Å². The maximum absolute atomic E-state index is 13.0. The number of sulfonamides is 1. The van der Waals surface area contributed by atoms with Gasteiger partial charge in [0, 0.05) is 42.6 Å². The van der Waals surface area contributed by atoms with Crippen LogP contribution in [-0.2, 0) is 10.0 Å². The van der Waals surface area contributed by atoms with Crippen molar-refractivity contribution in [3.8, 4) is 5.75 Å². The van der Waals surface area contributed by atoms with E-state index in [1.54, 1.807) is 10.6 Å². The number of para-hydroxylation sites is 1. The van der Waals surface area contributed by atoms with Crippen molar-refractivity contribution in [1.82, 2.24) is 19.5 Å². The van der Waals surface area contributed by atoms with Crippen LogP contribution in [-0.4, -0.2) is 72.7 Å². The van der Waals surface area contributed by atoms with Crippen LogP contribution in [0, 0.1) is 0 Å². The van der Waals surface area contributed by atoms with Crippen LogP contribution in [0.5, 0.6) is 5.75 Å². The van der Waals surface area contributed by atoms with Crippen LogP contribution in [0.25, 0.3) is 10.9 Å². The second kappa shape index (κ2) is 10.3. The molecule has 0 radical (unpaired) electrons. The molecule has 2 bridgehead atoms. The Morgan fingerprint density at radius 3 is 2.49 bits per heavy atom. The van der Waals surface area contributed by atoms with Crippen molar-refractivity contribution in [1.29, 1.82) is 0 Å². The van der Waals surface area contributed by atoms with Gasteiger partial charge in [-0.1, -0.05) is 18.2 Å². The minimum absolute atomic E-state index is 0.00296. The SMILES string of the molecule is CC(C)n1c(=O)c(OC(=O)NC2C[C@H]3CC[C@@H](C2)N3CC(O)CNS(C)(=O)=O)cc2ccccc21. The summed E-state index contributed by atoms with van der Waals surface area (Å²) < 4.78 is 32.0. The smallest absolute Gasteiger partial charge is 0.404 e. The lowest BCUT2D eigenvalue weighted by Gasteiger charge is -2.39. The molecule has 3 N–H and O–H groups in total. The van der Waals surface area contributed by atoms with Crippen molar-refractivity contribution >= 4 is 27.0 Å². The van der Waals surface area contributed by atoms with Crippen molar-refractivity contribution in [3.05, 3.63) is 40.7 Å². The normalized spacial score (nSPS) is 23.5. The first-order chi connectivity index (χ1) is 16.5. The number of carbonyl (C=O) groups excluding carboxylic acids is 1. The zero-order valence-electron chi connectivity index (χ0n) is 20.3. The Kier molecular flexibility index (Phi) is 7.51. The van der Waals surface area contributed by atoms with Gasteiger partial charge >= 0.3 is 6.09 Å². The number of benzene rings is 1. The van der Waals surface area contributed by atoms with Crippen molar-refractivity contribution in [2.75, 3.05) is 19.3 Å². The van der Waals surface area contributed by atoms with Crippen LogP contribution in [0.2, 0.25) is 0 Å². The van der Waals surface area contributed by atoms with Gasteiger partial charge in [-0.2, -0.15) is 0 Å². The molecule has 4 rings (SSSR count). The number of hydrogen-bond acceptors (Lipinski definition) is 7. The molecule has 2 aromatic rings. The second-order valence-corrected chi connectivity index (χ2v) is 11.7. The van der Waals surface area contributed by atoms with E-state index in [4.69, 9.17) is 4.74 Å². The van der Waals surface area contributed by atoms with Gasteiger partial charge < -0.3 is 19.7 Å². The summed E-state index contributed by atoms with van der Waals surface area (Å²) in [5.74, 6) is -0.00296. The lowest BCUT2D eigenvalue weighted by molar-refractivity contribution is 0.0546. The zero-order chi connectivity index (χ0) is 25.3. The number of aromatic nitrogens is 1. The van der Waals surface area contributed by atoms with Crippen molar-refractivity contribution < 1.29 is 23.1 Å². The maximum Gasteiger partial charge on any atom is 0.413 e. The van der Waals surface area contributed by atoms with Gasteiger partial charge in [0.25, 0.3) is 5.56 Å². The first kappa shape index (κ1) is 25.6. The number of nitrogens with one attached hydrogen (secondary N) is 2. The summed E-state index contributed by atoms with van der Waals surface area (Å²) in [7, 11) is -3.36. The average Bonchev–Trinajstić information content (AvgIpc) is 2.99. The van der Waals surface area contributed by atoms with Crippen LogP contribution < -0.4 is 20.3 Å². The number of rotatable bonds is 8. The Balaban J connectivity index is 1.38. The number of nitrogens with zero attached hydrogens (tertiary/aromatic N) is 2. The molecule has 2 aliphatic rings. The molecule has 2 unspecified atom stereocenters. The minimum atomic E-state index is -3.36. The number of amides is 1. The molecule has 192 valence electrons. The van der Waals surface area contributed by atoms with Crippen molar-refractivity contribution in [2.24, 2.45) is 0 Å². The number of ether oxygens (including phenoxy) is 1. The molecule has 1 aromatic heterocycles. The van der Waals surface area contributed by atoms with E-state index < -0.39 is 22.2 Å². The standard InChI is InChI=1S/C24H34N4O6S/c1-15(2)28-21-7-5-4-6-16(21)10-22(23(28)30)34-24(31)26-17-11-18-8-9-19(12-17)27(18)14-20(29)13-25-35(3,32)33/h4-7,10,15,17-20,25,29H,8-9,11-14H2,1-3H3,(H,26,31)/t17?,18-,19+,20?. The highest BCUT2D eigenvalue weighted by Crippen LogP contribution is 2.35. The maximum atomic E-state index is 13.0. The number of aliphatic hydroxyl groups is 1. The molecule has 1 amide bonds. The fourth-order valence-corrected chi connectivity index (χ4v) is 5.88. The van der Waals surface area contributed by atoms with E-state index in [0.29, 0.717) is 19.4 Å². The summed E-state index contributed by atoms with van der Waals surface area (Å²) in [4.78, 5) is 27.9. The highest BCUT2D eigenvalue weighted by molar-refractivity contribution is 7.88. The summed E-state index contributed by atoms with van der Waals surface area (Å²) >= 11 is 0. The molecule has 0 aliphatic carbocycles. The molecule has 4 atom stereocenters. The third-order valence-corrected chi connectivity index (χ3v) is 7.53. The first-order valence-corrected chi connectivity index (χ1v) is 13.9. The second-order valence-electron chi connectivity index (χ2n) is 9.89. The topological polar surface area (TPSA) is 130 Å². The first-order valence-electron chi connectivity index (χ1n) is 12.0. The van der Waals surface area contributed by atoms with E-state index in [1.807, 2.05) is 38.1 Å². The Hall–Kier alpha value is -2.47. The fourth-order valence-electron chi connectivity index (χ4n) is 5.39. The number of piperidine rings is 1. The van der Waals surface area contributed by atoms with E-state index in [-0.39, 0.29) is 42.0 Å². The largest absolute Gasteiger partial charge is 0.413 e. The molecule has 0 saturated carbocycles. The molecule has 11 heteroatoms. The van der Waals surface area contributed by atoms with Gasteiger partial charge in [-0.3, -0.25) is 9.69 Å². The predicted octanol–water partition coefficient (Wildman–Crippen LogP) is 1.58. The molecule has 1 aromatic carbocycles. The van der Waals surface area contributed by atoms with Gasteiger partial charge in [-0.25, -0.2) is 17.9 Å². The Morgan fingerprint density at radius 2 is 1.86 bits per heavy atom. The lowest BCUT2D eigenvalue weighted by atomic mass is 9.97. The molecule has 10 nitrogen and oxygen atoms in total. The van der Waals surface area contributed by atoms with E-state index in [1.165, 1.54) is 0 Å². The highest BCUT2D eigenvalue weighted by Gasteiger charge is 2.41. The average molecular weight is 507 g/mol. The van der Waals surface area contributed by atoms with Crippen molar-refractivity contribution in [2.45, 2.75) is 69.8 Å². The summed E-state index contributed by atoms with van der Waals surface area (Å²) in [6, 6.07) is 9.28. The quantitative estimate of drug-likeness (QED) is 0.496. The summed E-state index contributed by atoms with van der Waals surface area (Å²) in [5.41, 5.74) is 0.443. The Bertz CT molecular complexity index is 1230. The number of carbonyl (C=O) groups is 1. The highest BCUT2D eigenvalue weighted by atomic mass is 32.2. The number of hydrogen-bond donors (Lipinski definition) is 3. The number of fused-ring (bicyclic) bond motifs is 3. The Labute approximate surface area is 205 Å². The monoisotopic (exact) mass is 506 g/mol. The molecule has 35 heavy (non-hydrogen) atoms. The summed E-state index contributed by atoms with van der Waals surface area (Å²) in [6.45, 7) is 4.17. The lowest BCUT2D eigenvalue weighted by Crippen LogP contribution is -2.53. The number of pyridine rings is 1. The number of aliphatic hydroxyl groups excluding tert-OH is 1. The van der Waals surface area contributed by atoms with Crippen LogP contribution >= 0.6 is 0 Å². The van der Waals surface area contributed by atoms with Gasteiger partial charge in [0.1, 0.15) is 0 Å². The molecular formula is C24H34N4O6S. The molecule has 2 aliphatic heterocycles. The third-order valence-electron chi connectivity index (χ3n) is 6.84. The molecular weight excluding hydrogens is 472 g/mol. The molecule has 2 saturated heterocycles. The van der Waals surface area contributed by atoms with Gasteiger partial charge in [0.2, 0.25) is 10.0 Å². The fraction of sp³-hybridized carbons (Fsp3) is 0.583. The van der Waals surface area contributed by atoms with E-state index >= 15 is 0 Å². The van der Waals surface area contributed by atoms with E-state index in [2.05, 4.69) is 14.9 Å². The summed E-state index contributed by atoms with van der Waals surface area (Å²) in [5, 5.41) is 14.0. The van der Waals surface area contributed by atoms with Gasteiger partial charge in [0.05, 0.1) is 17.9 Å². The van der Waals surface area contributed by atoms with Crippen LogP contribution in [0.3, 0.4) is 0 Å². The third kappa shape index (κ3) is 6.03. The van der Waals surface area contributed by atoms with Crippen LogP contribution in [0.15, 0.2) is 35.1 Å². The predicted molar refractivity (Wildman–Crippen MR) is 133 cm³/mol. The van der Waals surface area contributed by atoms with E-state index in [0.717, 1.165) is 30.0 Å².